The minimum atomic E-state index is -0.688. The molecule has 1 saturated heterocycles. The van der Waals surface area contributed by atoms with Crippen molar-refractivity contribution >= 4 is 11.7 Å². The lowest BCUT2D eigenvalue weighted by atomic mass is 10.2. The smallest absolute Gasteiger partial charge is 0.338 e. The van der Waals surface area contributed by atoms with Crippen LogP contribution in [0.15, 0.2) is 48.5 Å². The van der Waals surface area contributed by atoms with Crippen molar-refractivity contribution < 1.29 is 38.6 Å². The van der Waals surface area contributed by atoms with Crippen LogP contribution in [0.25, 0.3) is 0 Å². The SMILES string of the molecule is CCCOCCOc1ccc(C(=O)OCC(O)C[NH+]2CC[NH+](c3ccc(OC)cc3)CC2)cc1. The van der Waals surface area contributed by atoms with Gasteiger partial charge in [-0.15, -0.1) is 0 Å². The monoisotopic (exact) mass is 474 g/mol. The third-order valence-electron chi connectivity index (χ3n) is 5.92. The molecule has 34 heavy (non-hydrogen) atoms. The van der Waals surface area contributed by atoms with Crippen molar-refractivity contribution in [3.05, 3.63) is 54.1 Å². The number of carbonyl (C=O) groups is 1. The fourth-order valence-electron chi connectivity index (χ4n) is 4.02. The zero-order valence-corrected chi connectivity index (χ0v) is 20.3. The van der Waals surface area contributed by atoms with Crippen molar-refractivity contribution in [1.82, 2.24) is 0 Å². The molecule has 8 nitrogen and oxygen atoms in total. The average Bonchev–Trinajstić information content (AvgIpc) is 2.88. The van der Waals surface area contributed by atoms with Crippen LogP contribution in [0, 0.1) is 0 Å². The Morgan fingerprint density at radius 1 is 0.941 bits per heavy atom. The topological polar surface area (TPSA) is 83.1 Å². The Morgan fingerprint density at radius 3 is 2.26 bits per heavy atom. The summed E-state index contributed by atoms with van der Waals surface area (Å²) >= 11 is 0. The van der Waals surface area contributed by atoms with Crippen molar-refractivity contribution in [2.75, 3.05) is 66.3 Å². The highest BCUT2D eigenvalue weighted by molar-refractivity contribution is 5.89. The molecule has 1 aliphatic rings. The molecular weight excluding hydrogens is 436 g/mol. The summed E-state index contributed by atoms with van der Waals surface area (Å²) in [7, 11) is 1.67. The van der Waals surface area contributed by atoms with E-state index in [1.807, 2.05) is 12.1 Å². The molecule has 1 heterocycles. The number of quaternary nitrogens is 2. The normalized spacial score (nSPS) is 18.8. The average molecular weight is 475 g/mol. The number of piperazine rings is 1. The standard InChI is InChI=1S/C26H36N2O6/c1-3-16-32-17-18-33-25-8-4-21(5-9-25)26(30)34-20-23(29)19-27-12-14-28(15-13-27)22-6-10-24(31-2)11-7-22/h4-11,23,29H,3,12-20H2,1-2H3/p+2. The lowest BCUT2D eigenvalue weighted by Crippen LogP contribution is -3.26. The maximum absolute atomic E-state index is 12.3. The van der Waals surface area contributed by atoms with Crippen molar-refractivity contribution in [2.45, 2.75) is 19.4 Å². The second-order valence-electron chi connectivity index (χ2n) is 8.52. The molecule has 0 bridgehead atoms. The van der Waals surface area contributed by atoms with Gasteiger partial charge in [0.25, 0.3) is 0 Å². The van der Waals surface area contributed by atoms with Crippen LogP contribution >= 0.6 is 0 Å². The lowest BCUT2D eigenvalue weighted by Gasteiger charge is -2.30. The zero-order chi connectivity index (χ0) is 24.2. The van der Waals surface area contributed by atoms with Gasteiger partial charge in [0, 0.05) is 18.7 Å². The summed E-state index contributed by atoms with van der Waals surface area (Å²) in [6.45, 7) is 8.24. The van der Waals surface area contributed by atoms with E-state index < -0.39 is 12.1 Å². The van der Waals surface area contributed by atoms with E-state index in [0.29, 0.717) is 31.1 Å². The third kappa shape index (κ3) is 8.29. The summed E-state index contributed by atoms with van der Waals surface area (Å²) in [5.74, 6) is 1.10. The van der Waals surface area contributed by atoms with Crippen molar-refractivity contribution in [2.24, 2.45) is 0 Å². The van der Waals surface area contributed by atoms with E-state index in [4.69, 9.17) is 18.9 Å². The molecule has 1 aliphatic heterocycles. The van der Waals surface area contributed by atoms with E-state index in [0.717, 1.165) is 45.0 Å². The third-order valence-corrected chi connectivity index (χ3v) is 5.92. The van der Waals surface area contributed by atoms with E-state index >= 15 is 0 Å². The first-order chi connectivity index (χ1) is 16.6. The molecule has 0 aromatic heterocycles. The fourth-order valence-corrected chi connectivity index (χ4v) is 4.02. The molecule has 0 aliphatic carbocycles. The molecule has 2 aromatic carbocycles. The second kappa shape index (κ2) is 13.9. The molecule has 0 spiro atoms. The highest BCUT2D eigenvalue weighted by Crippen LogP contribution is 2.13. The predicted octanol–water partition coefficient (Wildman–Crippen LogP) is 0.133. The highest BCUT2D eigenvalue weighted by Gasteiger charge is 2.26. The molecule has 3 N–H and O–H groups in total. The molecule has 2 aromatic rings. The maximum atomic E-state index is 12.3. The van der Waals surface area contributed by atoms with Gasteiger partial charge < -0.3 is 29.0 Å². The van der Waals surface area contributed by atoms with E-state index in [1.54, 1.807) is 31.4 Å². The van der Waals surface area contributed by atoms with Crippen LogP contribution in [0.3, 0.4) is 0 Å². The lowest BCUT2D eigenvalue weighted by molar-refractivity contribution is -0.988. The van der Waals surface area contributed by atoms with E-state index in [9.17, 15) is 9.90 Å². The van der Waals surface area contributed by atoms with Gasteiger partial charge >= 0.3 is 5.97 Å². The Balaban J connectivity index is 1.33. The number of esters is 1. The number of ether oxygens (including phenoxy) is 4. The molecule has 8 heteroatoms. The summed E-state index contributed by atoms with van der Waals surface area (Å²) in [6, 6.07) is 15.0. The molecular formula is C26H38N2O6+2. The predicted molar refractivity (Wildman–Crippen MR) is 128 cm³/mol. The number of hydrogen-bond donors (Lipinski definition) is 3. The summed E-state index contributed by atoms with van der Waals surface area (Å²) in [4.78, 5) is 15.1. The van der Waals surface area contributed by atoms with Crippen molar-refractivity contribution in [3.63, 3.8) is 0 Å². The van der Waals surface area contributed by atoms with Crippen molar-refractivity contribution in [3.8, 4) is 11.5 Å². The minimum Gasteiger partial charge on any atom is -0.497 e. The van der Waals surface area contributed by atoms with Gasteiger partial charge in [-0.25, -0.2) is 4.79 Å². The quantitative estimate of drug-likeness (QED) is 0.283. The van der Waals surface area contributed by atoms with Gasteiger partial charge in [0.1, 0.15) is 69.2 Å². The molecule has 1 atom stereocenters. The van der Waals surface area contributed by atoms with Gasteiger partial charge in [-0.3, -0.25) is 4.90 Å². The van der Waals surface area contributed by atoms with Gasteiger partial charge in [-0.2, -0.15) is 0 Å². The minimum absolute atomic E-state index is 0.00952. The van der Waals surface area contributed by atoms with Crippen molar-refractivity contribution in [1.29, 1.82) is 0 Å². The van der Waals surface area contributed by atoms with Gasteiger partial charge in [-0.05, 0) is 42.8 Å². The van der Waals surface area contributed by atoms with Gasteiger partial charge in [-0.1, -0.05) is 6.92 Å². The zero-order valence-electron chi connectivity index (χ0n) is 20.3. The summed E-state index contributed by atoms with van der Waals surface area (Å²) < 4.78 is 21.5. The number of hydrogen-bond acceptors (Lipinski definition) is 6. The second-order valence-corrected chi connectivity index (χ2v) is 8.52. The fraction of sp³-hybridized carbons (Fsp3) is 0.500. The number of aliphatic hydroxyl groups excluding tert-OH is 1. The Morgan fingerprint density at radius 2 is 1.62 bits per heavy atom. The van der Waals surface area contributed by atoms with Gasteiger partial charge in [0.15, 0.2) is 0 Å². The first-order valence-electron chi connectivity index (χ1n) is 12.1. The van der Waals surface area contributed by atoms with E-state index in [-0.39, 0.29) is 6.61 Å². The summed E-state index contributed by atoms with van der Waals surface area (Å²) in [5, 5.41) is 10.4. The molecule has 1 unspecified atom stereocenters. The van der Waals surface area contributed by atoms with Crippen LogP contribution in [0.1, 0.15) is 23.7 Å². The van der Waals surface area contributed by atoms with Gasteiger partial charge in [0.2, 0.25) is 0 Å². The molecule has 3 rings (SSSR count). The number of nitrogens with one attached hydrogen (secondary N) is 2. The first-order valence-corrected chi connectivity index (χ1v) is 12.1. The first kappa shape index (κ1) is 26.0. The van der Waals surface area contributed by atoms with Crippen LogP contribution in [0.5, 0.6) is 11.5 Å². The van der Waals surface area contributed by atoms with Crippen LogP contribution in [0.4, 0.5) is 5.69 Å². The summed E-state index contributed by atoms with van der Waals surface area (Å²) in [6.07, 6.45) is 0.293. The molecule has 186 valence electrons. The Labute approximate surface area is 202 Å². The molecule has 0 saturated carbocycles. The number of benzene rings is 2. The number of carbonyl (C=O) groups excluding carboxylic acids is 1. The highest BCUT2D eigenvalue weighted by atomic mass is 16.5. The summed E-state index contributed by atoms with van der Waals surface area (Å²) in [5.41, 5.74) is 1.70. The number of methoxy groups -OCH3 is 1. The van der Waals surface area contributed by atoms with Crippen LogP contribution in [0.2, 0.25) is 0 Å². The largest absolute Gasteiger partial charge is 0.497 e. The Bertz CT molecular complexity index is 851. The van der Waals surface area contributed by atoms with Crippen LogP contribution < -0.4 is 19.3 Å². The molecule has 0 amide bonds. The maximum Gasteiger partial charge on any atom is 0.338 e. The molecule has 1 fully saturated rings. The Kier molecular flexibility index (Phi) is 10.6. The van der Waals surface area contributed by atoms with Crippen LogP contribution in [-0.2, 0) is 9.47 Å². The van der Waals surface area contributed by atoms with E-state index in [1.165, 1.54) is 15.5 Å². The van der Waals surface area contributed by atoms with Gasteiger partial charge in [0.05, 0.1) is 19.3 Å². The van der Waals surface area contributed by atoms with Crippen LogP contribution in [-0.4, -0.2) is 83.4 Å². The van der Waals surface area contributed by atoms with E-state index in [2.05, 4.69) is 19.1 Å². The molecule has 0 radical (unpaired) electrons. The Hall–Kier alpha value is -2.65. The number of aliphatic hydroxyl groups is 1. The number of rotatable bonds is 13.